The van der Waals surface area contributed by atoms with E-state index in [1.54, 1.807) is 12.1 Å². The first kappa shape index (κ1) is 16.2. The van der Waals surface area contributed by atoms with Crippen LogP contribution in [0.5, 0.6) is 0 Å². The van der Waals surface area contributed by atoms with E-state index in [-0.39, 0.29) is 11.8 Å². The summed E-state index contributed by atoms with van der Waals surface area (Å²) in [6.07, 6.45) is 0.792. The van der Waals surface area contributed by atoms with Crippen molar-refractivity contribution in [2.24, 2.45) is 0 Å². The lowest BCUT2D eigenvalue weighted by Crippen LogP contribution is -2.28. The molecule has 1 saturated heterocycles. The van der Waals surface area contributed by atoms with Crippen LogP contribution in [0.3, 0.4) is 0 Å². The topological polar surface area (TPSA) is 57.6 Å². The molecule has 0 radical (unpaired) electrons. The number of nitrogens with zero attached hydrogens (tertiary/aromatic N) is 1. The van der Waals surface area contributed by atoms with E-state index in [4.69, 9.17) is 0 Å². The quantitative estimate of drug-likeness (QED) is 0.938. The van der Waals surface area contributed by atoms with E-state index in [9.17, 15) is 14.7 Å². The summed E-state index contributed by atoms with van der Waals surface area (Å²) < 4.78 is 0. The summed E-state index contributed by atoms with van der Waals surface area (Å²) >= 11 is 0. The Bertz CT molecular complexity index is 777. The van der Waals surface area contributed by atoms with Gasteiger partial charge in [0.25, 0.3) is 5.91 Å². The van der Waals surface area contributed by atoms with Gasteiger partial charge in [-0.05, 0) is 44.0 Å². The van der Waals surface area contributed by atoms with E-state index in [2.05, 4.69) is 0 Å². The first-order valence-electron chi connectivity index (χ1n) is 8.15. The molecular weight excluding hydrogens is 302 g/mol. The maximum atomic E-state index is 12.8. The van der Waals surface area contributed by atoms with Crippen LogP contribution in [0.1, 0.15) is 49.7 Å². The Balaban J connectivity index is 1.81. The second-order valence-electron chi connectivity index (χ2n) is 6.51. The average molecular weight is 323 g/mol. The number of carbonyl (C=O) groups excluding carboxylic acids is 1. The molecule has 2 aromatic carbocycles. The first-order chi connectivity index (χ1) is 11.5. The molecule has 0 aromatic heterocycles. The van der Waals surface area contributed by atoms with Crippen molar-refractivity contribution >= 4 is 11.9 Å². The number of likely N-dealkylation sites (tertiary alicyclic amines) is 1. The summed E-state index contributed by atoms with van der Waals surface area (Å²) in [6.45, 7) is 5.19. The van der Waals surface area contributed by atoms with Crippen LogP contribution in [0.15, 0.2) is 42.5 Å². The highest BCUT2D eigenvalue weighted by Crippen LogP contribution is 2.30. The number of benzene rings is 2. The Labute approximate surface area is 141 Å². The normalized spacial score (nSPS) is 17.1. The van der Waals surface area contributed by atoms with E-state index in [1.165, 1.54) is 0 Å². The second-order valence-corrected chi connectivity index (χ2v) is 6.51. The third-order valence-electron chi connectivity index (χ3n) is 4.58. The minimum absolute atomic E-state index is 0.0251. The van der Waals surface area contributed by atoms with Crippen molar-refractivity contribution in [1.82, 2.24) is 4.90 Å². The molecule has 0 saturated carbocycles. The molecule has 0 bridgehead atoms. The molecule has 1 aliphatic heterocycles. The van der Waals surface area contributed by atoms with E-state index >= 15 is 0 Å². The number of carbonyl (C=O) groups is 2. The molecular formula is C20H21NO3. The van der Waals surface area contributed by atoms with Crippen LogP contribution in [0, 0.1) is 13.8 Å². The highest BCUT2D eigenvalue weighted by Gasteiger charge is 2.30. The summed E-state index contributed by atoms with van der Waals surface area (Å²) in [6, 6.07) is 13.0. The molecule has 1 atom stereocenters. The van der Waals surface area contributed by atoms with Gasteiger partial charge in [-0.15, -0.1) is 0 Å². The standard InChI is InChI=1S/C20H21NO3/c1-13-9-14(2)11-16(10-13)19(22)21-8-7-15(12-21)17-5-3-4-6-18(17)20(23)24/h3-6,9-11,15H,7-8,12H2,1-2H3,(H,23,24)/t15-/m1/s1. The maximum Gasteiger partial charge on any atom is 0.335 e. The van der Waals surface area contributed by atoms with Crippen molar-refractivity contribution in [1.29, 1.82) is 0 Å². The third-order valence-corrected chi connectivity index (χ3v) is 4.58. The monoisotopic (exact) mass is 323 g/mol. The molecule has 0 unspecified atom stereocenters. The zero-order valence-electron chi connectivity index (χ0n) is 14.0. The Morgan fingerprint density at radius 1 is 1.08 bits per heavy atom. The highest BCUT2D eigenvalue weighted by atomic mass is 16.4. The van der Waals surface area contributed by atoms with Crippen molar-refractivity contribution in [3.63, 3.8) is 0 Å². The zero-order valence-corrected chi connectivity index (χ0v) is 14.0. The predicted octanol–water partition coefficient (Wildman–Crippen LogP) is 3.63. The molecule has 4 heteroatoms. The Morgan fingerprint density at radius 2 is 1.75 bits per heavy atom. The molecule has 1 heterocycles. The molecule has 4 nitrogen and oxygen atoms in total. The molecule has 0 aliphatic carbocycles. The fourth-order valence-electron chi connectivity index (χ4n) is 3.53. The molecule has 2 aromatic rings. The lowest BCUT2D eigenvalue weighted by atomic mass is 9.93. The van der Waals surface area contributed by atoms with Crippen molar-refractivity contribution in [2.45, 2.75) is 26.2 Å². The number of amides is 1. The summed E-state index contributed by atoms with van der Waals surface area (Å²) in [4.78, 5) is 26.0. The largest absolute Gasteiger partial charge is 0.478 e. The first-order valence-corrected chi connectivity index (χ1v) is 8.15. The average Bonchev–Trinajstić information content (AvgIpc) is 3.03. The van der Waals surface area contributed by atoms with Gasteiger partial charge in [-0.3, -0.25) is 4.79 Å². The number of hydrogen-bond donors (Lipinski definition) is 1. The van der Waals surface area contributed by atoms with Gasteiger partial charge in [0.15, 0.2) is 0 Å². The summed E-state index contributed by atoms with van der Waals surface area (Å²) in [5, 5.41) is 9.36. The van der Waals surface area contributed by atoms with Crippen LogP contribution < -0.4 is 0 Å². The summed E-state index contributed by atoms with van der Waals surface area (Å²) in [5.41, 5.74) is 4.01. The van der Waals surface area contributed by atoms with Gasteiger partial charge >= 0.3 is 5.97 Å². The van der Waals surface area contributed by atoms with Gasteiger partial charge < -0.3 is 10.0 Å². The van der Waals surface area contributed by atoms with Crippen LogP contribution in [0.25, 0.3) is 0 Å². The molecule has 1 aliphatic rings. The Hall–Kier alpha value is -2.62. The number of carboxylic acids is 1. The third kappa shape index (κ3) is 3.18. The molecule has 3 rings (SSSR count). The molecule has 124 valence electrons. The van der Waals surface area contributed by atoms with Gasteiger partial charge in [-0.25, -0.2) is 4.79 Å². The van der Waals surface area contributed by atoms with Crippen molar-refractivity contribution < 1.29 is 14.7 Å². The Morgan fingerprint density at radius 3 is 2.42 bits per heavy atom. The SMILES string of the molecule is Cc1cc(C)cc(C(=O)N2CC[C@@H](c3ccccc3C(=O)O)C2)c1. The van der Waals surface area contributed by atoms with E-state index in [1.807, 2.05) is 49.1 Å². The van der Waals surface area contributed by atoms with Gasteiger partial charge in [-0.1, -0.05) is 35.4 Å². The summed E-state index contributed by atoms with van der Waals surface area (Å²) in [5.74, 6) is -0.811. The number of carboxylic acid groups (broad SMARTS) is 1. The van der Waals surface area contributed by atoms with Gasteiger partial charge in [0.1, 0.15) is 0 Å². The lowest BCUT2D eigenvalue weighted by molar-refractivity contribution is 0.0695. The van der Waals surface area contributed by atoms with Crippen molar-refractivity contribution in [3.05, 3.63) is 70.3 Å². The van der Waals surface area contributed by atoms with Crippen molar-refractivity contribution in [2.75, 3.05) is 13.1 Å². The highest BCUT2D eigenvalue weighted by molar-refractivity contribution is 5.95. The molecule has 1 fully saturated rings. The lowest BCUT2D eigenvalue weighted by Gasteiger charge is -2.18. The van der Waals surface area contributed by atoms with Gasteiger partial charge in [0.05, 0.1) is 5.56 Å². The van der Waals surface area contributed by atoms with Crippen LogP contribution in [-0.2, 0) is 0 Å². The van der Waals surface area contributed by atoms with Gasteiger partial charge in [0, 0.05) is 24.6 Å². The fourth-order valence-corrected chi connectivity index (χ4v) is 3.53. The van der Waals surface area contributed by atoms with E-state index in [0.29, 0.717) is 24.2 Å². The second kappa shape index (κ2) is 6.48. The molecule has 24 heavy (non-hydrogen) atoms. The molecule has 1 amide bonds. The summed E-state index contributed by atoms with van der Waals surface area (Å²) in [7, 11) is 0. The van der Waals surface area contributed by atoms with Gasteiger partial charge in [-0.2, -0.15) is 0 Å². The van der Waals surface area contributed by atoms with Gasteiger partial charge in [0.2, 0.25) is 0 Å². The van der Waals surface area contributed by atoms with Crippen LogP contribution >= 0.6 is 0 Å². The predicted molar refractivity (Wildman–Crippen MR) is 92.6 cm³/mol. The van der Waals surface area contributed by atoms with Crippen molar-refractivity contribution in [3.8, 4) is 0 Å². The molecule has 1 N–H and O–H groups in total. The smallest absolute Gasteiger partial charge is 0.335 e. The zero-order chi connectivity index (χ0) is 17.3. The minimum Gasteiger partial charge on any atom is -0.478 e. The fraction of sp³-hybridized carbons (Fsp3) is 0.300. The van der Waals surface area contributed by atoms with E-state index < -0.39 is 5.97 Å². The van der Waals surface area contributed by atoms with Crippen LogP contribution in [0.2, 0.25) is 0 Å². The van der Waals surface area contributed by atoms with E-state index in [0.717, 1.165) is 23.1 Å². The Kier molecular flexibility index (Phi) is 4.38. The molecule has 0 spiro atoms. The maximum absolute atomic E-state index is 12.8. The number of rotatable bonds is 3. The number of aryl methyl sites for hydroxylation is 2. The van der Waals surface area contributed by atoms with Crippen LogP contribution in [0.4, 0.5) is 0 Å². The van der Waals surface area contributed by atoms with Crippen LogP contribution in [-0.4, -0.2) is 35.0 Å². The number of aromatic carboxylic acids is 1. The minimum atomic E-state index is -0.912. The number of hydrogen-bond acceptors (Lipinski definition) is 2.